The van der Waals surface area contributed by atoms with Gasteiger partial charge in [-0.05, 0) is 18.1 Å². The molecule has 2 aromatic carbocycles. The fourth-order valence-electron chi connectivity index (χ4n) is 3.17. The summed E-state index contributed by atoms with van der Waals surface area (Å²) in [6.45, 7) is 1.89. The van der Waals surface area contributed by atoms with E-state index in [2.05, 4.69) is 5.32 Å². The zero-order valence-corrected chi connectivity index (χ0v) is 13.5. The molecule has 1 atom stereocenters. The van der Waals surface area contributed by atoms with Crippen molar-refractivity contribution in [3.8, 4) is 0 Å². The Morgan fingerprint density at radius 1 is 1.04 bits per heavy atom. The third kappa shape index (κ3) is 2.66. The average Bonchev–Trinajstić information content (AvgIpc) is 2.83. The lowest BCUT2D eigenvalue weighted by Crippen LogP contribution is -2.43. The minimum absolute atomic E-state index is 0.0738. The molecule has 0 radical (unpaired) electrons. The summed E-state index contributed by atoms with van der Waals surface area (Å²) >= 11 is 0. The SMILES string of the molecule is CCC[C@@]1(c2ccccc2)NC(=O)N(Cc2ccccc2F)C1=O. The van der Waals surface area contributed by atoms with E-state index in [1.807, 2.05) is 37.3 Å². The molecule has 1 N–H and O–H groups in total. The van der Waals surface area contributed by atoms with E-state index in [9.17, 15) is 14.0 Å². The minimum Gasteiger partial charge on any atom is -0.319 e. The van der Waals surface area contributed by atoms with Crippen molar-refractivity contribution in [1.82, 2.24) is 10.2 Å². The summed E-state index contributed by atoms with van der Waals surface area (Å²) in [4.78, 5) is 26.6. The molecule has 0 spiro atoms. The number of nitrogens with one attached hydrogen (secondary N) is 1. The molecule has 3 amide bonds. The molecule has 1 aliphatic rings. The van der Waals surface area contributed by atoms with E-state index in [1.54, 1.807) is 18.2 Å². The van der Waals surface area contributed by atoms with Gasteiger partial charge in [0.1, 0.15) is 11.4 Å². The summed E-state index contributed by atoms with van der Waals surface area (Å²) < 4.78 is 13.9. The van der Waals surface area contributed by atoms with Crippen LogP contribution in [0.4, 0.5) is 9.18 Å². The standard InChI is InChI=1S/C19H19FN2O2/c1-2-12-19(15-9-4-3-5-10-15)17(23)22(18(24)21-19)13-14-8-6-7-11-16(14)20/h3-11H,2,12-13H2,1H3,(H,21,24)/t19-/m0/s1. The Hall–Kier alpha value is -2.69. The molecule has 0 saturated carbocycles. The van der Waals surface area contributed by atoms with Gasteiger partial charge in [-0.15, -0.1) is 0 Å². The highest BCUT2D eigenvalue weighted by Gasteiger charge is 2.51. The molecule has 0 aliphatic carbocycles. The van der Waals surface area contributed by atoms with E-state index in [0.717, 1.165) is 16.9 Å². The van der Waals surface area contributed by atoms with Crippen LogP contribution in [-0.2, 0) is 16.9 Å². The van der Waals surface area contributed by atoms with E-state index < -0.39 is 17.4 Å². The first-order chi connectivity index (χ1) is 11.6. The quantitative estimate of drug-likeness (QED) is 0.854. The summed E-state index contributed by atoms with van der Waals surface area (Å²) in [5.41, 5.74) is 0.000765. The van der Waals surface area contributed by atoms with Crippen molar-refractivity contribution in [2.24, 2.45) is 0 Å². The lowest BCUT2D eigenvalue weighted by molar-refractivity contribution is -0.132. The first-order valence-corrected chi connectivity index (χ1v) is 8.01. The number of amides is 3. The Bertz CT molecular complexity index is 763. The number of halogens is 1. The molecule has 4 nitrogen and oxygen atoms in total. The second-order valence-corrected chi connectivity index (χ2v) is 5.93. The number of urea groups is 1. The molecule has 0 unspecified atom stereocenters. The monoisotopic (exact) mass is 326 g/mol. The van der Waals surface area contributed by atoms with Gasteiger partial charge in [-0.2, -0.15) is 0 Å². The lowest BCUT2D eigenvalue weighted by atomic mass is 9.85. The first kappa shape index (κ1) is 16.2. The van der Waals surface area contributed by atoms with Crippen molar-refractivity contribution in [3.05, 3.63) is 71.5 Å². The number of rotatable bonds is 5. The van der Waals surface area contributed by atoms with Crippen LogP contribution in [0, 0.1) is 5.82 Å². The second-order valence-electron chi connectivity index (χ2n) is 5.93. The highest BCUT2D eigenvalue weighted by molar-refractivity contribution is 6.07. The van der Waals surface area contributed by atoms with Gasteiger partial charge >= 0.3 is 6.03 Å². The van der Waals surface area contributed by atoms with Crippen molar-refractivity contribution >= 4 is 11.9 Å². The summed E-state index contributed by atoms with van der Waals surface area (Å²) in [5, 5.41) is 2.84. The lowest BCUT2D eigenvalue weighted by Gasteiger charge is -2.27. The molecular weight excluding hydrogens is 307 g/mol. The fraction of sp³-hybridized carbons (Fsp3) is 0.263. The van der Waals surface area contributed by atoms with Gasteiger partial charge in [0.05, 0.1) is 6.54 Å². The van der Waals surface area contributed by atoms with E-state index in [0.29, 0.717) is 12.0 Å². The zero-order valence-electron chi connectivity index (χ0n) is 13.5. The van der Waals surface area contributed by atoms with Crippen molar-refractivity contribution in [1.29, 1.82) is 0 Å². The summed E-state index contributed by atoms with van der Waals surface area (Å²) in [6.07, 6.45) is 1.23. The van der Waals surface area contributed by atoms with Gasteiger partial charge < -0.3 is 5.32 Å². The van der Waals surface area contributed by atoms with Gasteiger partial charge in [-0.25, -0.2) is 9.18 Å². The molecule has 1 fully saturated rings. The van der Waals surface area contributed by atoms with Crippen LogP contribution in [-0.4, -0.2) is 16.8 Å². The fourth-order valence-corrected chi connectivity index (χ4v) is 3.17. The molecular formula is C19H19FN2O2. The predicted octanol–water partition coefficient (Wildman–Crippen LogP) is 3.57. The number of imide groups is 1. The van der Waals surface area contributed by atoms with Crippen LogP contribution in [0.15, 0.2) is 54.6 Å². The maximum atomic E-state index is 13.9. The van der Waals surface area contributed by atoms with Crippen molar-refractivity contribution in [2.75, 3.05) is 0 Å². The van der Waals surface area contributed by atoms with E-state index >= 15 is 0 Å². The molecule has 124 valence electrons. The number of carbonyl (C=O) groups is 2. The van der Waals surface area contributed by atoms with Gasteiger partial charge in [0.2, 0.25) is 0 Å². The third-order valence-corrected chi connectivity index (χ3v) is 4.35. The van der Waals surface area contributed by atoms with Gasteiger partial charge in [0.15, 0.2) is 0 Å². The topological polar surface area (TPSA) is 49.4 Å². The van der Waals surface area contributed by atoms with Crippen LogP contribution < -0.4 is 5.32 Å². The van der Waals surface area contributed by atoms with Gasteiger partial charge in [-0.1, -0.05) is 61.9 Å². The normalized spacial score (nSPS) is 20.3. The molecule has 5 heteroatoms. The van der Waals surface area contributed by atoms with Gasteiger partial charge in [-0.3, -0.25) is 9.69 Å². The average molecular weight is 326 g/mol. The number of nitrogens with zero attached hydrogens (tertiary/aromatic N) is 1. The largest absolute Gasteiger partial charge is 0.325 e. The number of carbonyl (C=O) groups excluding carboxylic acids is 2. The van der Waals surface area contributed by atoms with E-state index in [1.165, 1.54) is 6.07 Å². The number of hydrogen-bond donors (Lipinski definition) is 1. The molecule has 3 rings (SSSR count). The second kappa shape index (κ2) is 6.43. The molecule has 0 aromatic heterocycles. The minimum atomic E-state index is -1.07. The molecule has 24 heavy (non-hydrogen) atoms. The van der Waals surface area contributed by atoms with Gasteiger partial charge in [0.25, 0.3) is 5.91 Å². The maximum absolute atomic E-state index is 13.9. The Kier molecular flexibility index (Phi) is 4.34. The van der Waals surface area contributed by atoms with Crippen LogP contribution in [0.3, 0.4) is 0 Å². The number of hydrogen-bond acceptors (Lipinski definition) is 2. The molecule has 0 bridgehead atoms. The highest BCUT2D eigenvalue weighted by Crippen LogP contribution is 2.34. The van der Waals surface area contributed by atoms with Crippen molar-refractivity contribution in [3.63, 3.8) is 0 Å². The summed E-state index contributed by atoms with van der Waals surface area (Å²) in [7, 11) is 0. The molecule has 1 aliphatic heterocycles. The van der Waals surface area contributed by atoms with Crippen LogP contribution in [0.25, 0.3) is 0 Å². The Labute approximate surface area is 140 Å². The van der Waals surface area contributed by atoms with Crippen molar-refractivity contribution < 1.29 is 14.0 Å². The Morgan fingerprint density at radius 2 is 1.71 bits per heavy atom. The first-order valence-electron chi connectivity index (χ1n) is 8.01. The zero-order chi connectivity index (χ0) is 17.2. The third-order valence-electron chi connectivity index (χ3n) is 4.35. The molecule has 1 saturated heterocycles. The van der Waals surface area contributed by atoms with E-state index in [4.69, 9.17) is 0 Å². The summed E-state index contributed by atoms with van der Waals surface area (Å²) in [5.74, 6) is -0.755. The molecule has 1 heterocycles. The van der Waals surface area contributed by atoms with Crippen LogP contribution >= 0.6 is 0 Å². The van der Waals surface area contributed by atoms with Crippen LogP contribution in [0.1, 0.15) is 30.9 Å². The molecule has 2 aromatic rings. The van der Waals surface area contributed by atoms with Gasteiger partial charge in [0, 0.05) is 5.56 Å². The summed E-state index contributed by atoms with van der Waals surface area (Å²) in [6, 6.07) is 14.9. The van der Waals surface area contributed by atoms with Crippen molar-refractivity contribution in [2.45, 2.75) is 31.8 Å². The Morgan fingerprint density at radius 3 is 2.38 bits per heavy atom. The van der Waals surface area contributed by atoms with Crippen LogP contribution in [0.2, 0.25) is 0 Å². The smallest absolute Gasteiger partial charge is 0.319 e. The predicted molar refractivity (Wildman–Crippen MR) is 88.5 cm³/mol. The number of benzene rings is 2. The Balaban J connectivity index is 1.96. The highest BCUT2D eigenvalue weighted by atomic mass is 19.1. The van der Waals surface area contributed by atoms with Crippen LogP contribution in [0.5, 0.6) is 0 Å². The maximum Gasteiger partial charge on any atom is 0.325 e. The van der Waals surface area contributed by atoms with E-state index in [-0.39, 0.29) is 12.5 Å².